The molecule has 0 saturated heterocycles. The van der Waals surface area contributed by atoms with Crippen LogP contribution in [-0.2, 0) is 6.54 Å². The normalized spacial score (nSPS) is 21.6. The van der Waals surface area contributed by atoms with Crippen LogP contribution in [0.25, 0.3) is 27.7 Å². The number of aromatic nitrogens is 6. The molecule has 3 heterocycles. The summed E-state index contributed by atoms with van der Waals surface area (Å²) in [5.74, 6) is 1.05. The van der Waals surface area contributed by atoms with Gasteiger partial charge in [0.05, 0.1) is 18.2 Å². The fourth-order valence-electron chi connectivity index (χ4n) is 4.36. The van der Waals surface area contributed by atoms with E-state index in [1.54, 1.807) is 7.11 Å². The molecular formula is C22H27N7O2. The number of rotatable bonds is 5. The van der Waals surface area contributed by atoms with Gasteiger partial charge in [-0.2, -0.15) is 4.98 Å². The fourth-order valence-corrected chi connectivity index (χ4v) is 4.36. The summed E-state index contributed by atoms with van der Waals surface area (Å²) in [6, 6.07) is 8.37. The second kappa shape index (κ2) is 7.49. The van der Waals surface area contributed by atoms with Gasteiger partial charge in [-0.05, 0) is 63.3 Å². The standard InChI is InChI=1S/C22H27N7O2/c1-4-28-18-13-14(5-6-17(18)25-27-28)16-9-12-29-19(16)20(31-3)24-21(26-29)23-15-7-10-22(2,30)11-8-15/h5-6,9,12-13,15,30H,4,7-8,10-11H2,1-3H3,(H,23,26)/t15-,22+. The molecule has 5 rings (SSSR count). The molecule has 0 aliphatic heterocycles. The molecule has 1 saturated carbocycles. The number of fused-ring (bicyclic) bond motifs is 2. The smallest absolute Gasteiger partial charge is 0.244 e. The molecule has 9 heteroatoms. The number of methoxy groups -OCH3 is 1. The molecule has 0 atom stereocenters. The first-order valence-corrected chi connectivity index (χ1v) is 10.7. The van der Waals surface area contributed by atoms with Crippen LogP contribution in [0.2, 0.25) is 0 Å². The summed E-state index contributed by atoms with van der Waals surface area (Å²) in [7, 11) is 1.62. The molecule has 0 unspecified atom stereocenters. The predicted octanol–water partition coefficient (Wildman–Crippen LogP) is 3.28. The van der Waals surface area contributed by atoms with Gasteiger partial charge in [0.25, 0.3) is 0 Å². The van der Waals surface area contributed by atoms with E-state index in [-0.39, 0.29) is 6.04 Å². The van der Waals surface area contributed by atoms with E-state index in [0.717, 1.165) is 59.9 Å². The maximum Gasteiger partial charge on any atom is 0.244 e. The lowest BCUT2D eigenvalue weighted by Crippen LogP contribution is -2.36. The van der Waals surface area contributed by atoms with Crippen LogP contribution in [0.3, 0.4) is 0 Å². The van der Waals surface area contributed by atoms with E-state index in [9.17, 15) is 5.11 Å². The van der Waals surface area contributed by atoms with Crippen LogP contribution < -0.4 is 10.1 Å². The van der Waals surface area contributed by atoms with Gasteiger partial charge >= 0.3 is 0 Å². The third-order valence-electron chi connectivity index (χ3n) is 6.19. The predicted molar refractivity (Wildman–Crippen MR) is 118 cm³/mol. The van der Waals surface area contributed by atoms with Crippen molar-refractivity contribution in [3.63, 3.8) is 0 Å². The average Bonchev–Trinajstić information content (AvgIpc) is 3.38. The van der Waals surface area contributed by atoms with Crippen LogP contribution in [0.1, 0.15) is 39.5 Å². The molecule has 31 heavy (non-hydrogen) atoms. The van der Waals surface area contributed by atoms with Gasteiger partial charge < -0.3 is 15.2 Å². The van der Waals surface area contributed by atoms with Gasteiger partial charge in [-0.15, -0.1) is 10.2 Å². The van der Waals surface area contributed by atoms with Crippen molar-refractivity contribution in [1.82, 2.24) is 29.6 Å². The second-order valence-electron chi connectivity index (χ2n) is 8.49. The Morgan fingerprint density at radius 1 is 1.26 bits per heavy atom. The first-order valence-electron chi connectivity index (χ1n) is 10.7. The first kappa shape index (κ1) is 19.7. The van der Waals surface area contributed by atoms with E-state index >= 15 is 0 Å². The number of anilines is 1. The average molecular weight is 422 g/mol. The van der Waals surface area contributed by atoms with Crippen molar-refractivity contribution in [3.8, 4) is 17.0 Å². The van der Waals surface area contributed by atoms with Gasteiger partial charge in [-0.1, -0.05) is 11.3 Å². The van der Waals surface area contributed by atoms with E-state index in [1.165, 1.54) is 0 Å². The van der Waals surface area contributed by atoms with Crippen molar-refractivity contribution in [2.24, 2.45) is 0 Å². The van der Waals surface area contributed by atoms with Crippen LogP contribution in [0.15, 0.2) is 30.5 Å². The molecule has 1 fully saturated rings. The monoisotopic (exact) mass is 421 g/mol. The fraction of sp³-hybridized carbons (Fsp3) is 0.455. The van der Waals surface area contributed by atoms with Crippen molar-refractivity contribution in [3.05, 3.63) is 30.5 Å². The van der Waals surface area contributed by atoms with Crippen LogP contribution in [0, 0.1) is 0 Å². The lowest BCUT2D eigenvalue weighted by Gasteiger charge is -2.33. The topological polar surface area (TPSA) is 102 Å². The van der Waals surface area contributed by atoms with Gasteiger partial charge in [0.1, 0.15) is 11.0 Å². The highest BCUT2D eigenvalue weighted by atomic mass is 16.5. The van der Waals surface area contributed by atoms with Crippen LogP contribution in [-0.4, -0.2) is 53.5 Å². The summed E-state index contributed by atoms with van der Waals surface area (Å²) >= 11 is 0. The maximum atomic E-state index is 10.2. The number of nitrogens with one attached hydrogen (secondary N) is 1. The Labute approximate surface area is 180 Å². The summed E-state index contributed by atoms with van der Waals surface area (Å²) in [5.41, 5.74) is 4.13. The van der Waals surface area contributed by atoms with Crippen molar-refractivity contribution in [2.75, 3.05) is 12.4 Å². The molecule has 1 aromatic carbocycles. The van der Waals surface area contributed by atoms with E-state index in [1.807, 2.05) is 47.4 Å². The number of hydrogen-bond donors (Lipinski definition) is 2. The largest absolute Gasteiger partial charge is 0.479 e. The Bertz CT molecular complexity index is 1230. The number of aryl methyl sites for hydroxylation is 1. The Balaban J connectivity index is 1.50. The van der Waals surface area contributed by atoms with Gasteiger partial charge in [-0.3, -0.25) is 0 Å². The van der Waals surface area contributed by atoms with E-state index in [0.29, 0.717) is 11.8 Å². The zero-order valence-electron chi connectivity index (χ0n) is 18.0. The summed E-state index contributed by atoms with van der Waals surface area (Å²) < 4.78 is 9.34. The minimum atomic E-state index is -0.570. The van der Waals surface area contributed by atoms with Gasteiger partial charge in [0.15, 0.2) is 0 Å². The first-order chi connectivity index (χ1) is 15.0. The highest BCUT2D eigenvalue weighted by molar-refractivity contribution is 5.89. The number of hydrogen-bond acceptors (Lipinski definition) is 7. The molecule has 162 valence electrons. The molecule has 3 aromatic heterocycles. The quantitative estimate of drug-likeness (QED) is 0.510. The van der Waals surface area contributed by atoms with Gasteiger partial charge in [0.2, 0.25) is 11.8 Å². The molecular weight excluding hydrogens is 394 g/mol. The number of ether oxygens (including phenoxy) is 1. The minimum absolute atomic E-state index is 0.238. The lowest BCUT2D eigenvalue weighted by molar-refractivity contribution is 0.0195. The maximum absolute atomic E-state index is 10.2. The highest BCUT2D eigenvalue weighted by Gasteiger charge is 2.29. The summed E-state index contributed by atoms with van der Waals surface area (Å²) in [6.45, 7) is 4.71. The zero-order chi connectivity index (χ0) is 21.6. The van der Waals surface area contributed by atoms with E-state index in [2.05, 4.69) is 31.8 Å². The van der Waals surface area contributed by atoms with Crippen molar-refractivity contribution >= 4 is 22.5 Å². The molecule has 0 amide bonds. The summed E-state index contributed by atoms with van der Waals surface area (Å²) in [6.07, 6.45) is 5.22. The molecule has 4 aromatic rings. The Morgan fingerprint density at radius 2 is 2.06 bits per heavy atom. The third-order valence-corrected chi connectivity index (χ3v) is 6.19. The molecule has 9 nitrogen and oxygen atoms in total. The van der Waals surface area contributed by atoms with E-state index < -0.39 is 5.60 Å². The van der Waals surface area contributed by atoms with Crippen LogP contribution >= 0.6 is 0 Å². The Kier molecular flexibility index (Phi) is 4.77. The number of aliphatic hydroxyl groups is 1. The van der Waals surface area contributed by atoms with Crippen LogP contribution in [0.5, 0.6) is 5.88 Å². The van der Waals surface area contributed by atoms with Crippen molar-refractivity contribution < 1.29 is 9.84 Å². The highest BCUT2D eigenvalue weighted by Crippen LogP contribution is 2.34. The minimum Gasteiger partial charge on any atom is -0.479 e. The SMILES string of the molecule is CCn1nnc2ccc(-c3ccn4nc(N[C@H]5CC[C@@](C)(O)CC5)nc(OC)c34)cc21. The molecule has 0 radical (unpaired) electrons. The van der Waals surface area contributed by atoms with Crippen molar-refractivity contribution in [1.29, 1.82) is 0 Å². The number of nitrogens with zero attached hydrogens (tertiary/aromatic N) is 6. The molecule has 1 aliphatic carbocycles. The lowest BCUT2D eigenvalue weighted by atomic mass is 9.84. The number of benzene rings is 1. The Hall–Kier alpha value is -3.20. The van der Waals surface area contributed by atoms with Gasteiger partial charge in [-0.25, -0.2) is 9.20 Å². The van der Waals surface area contributed by atoms with Crippen LogP contribution in [0.4, 0.5) is 5.95 Å². The van der Waals surface area contributed by atoms with Crippen molar-refractivity contribution in [2.45, 2.75) is 57.7 Å². The molecule has 0 bridgehead atoms. The Morgan fingerprint density at radius 3 is 2.81 bits per heavy atom. The molecule has 0 spiro atoms. The van der Waals surface area contributed by atoms with E-state index in [4.69, 9.17) is 4.74 Å². The molecule has 1 aliphatic rings. The molecule has 2 N–H and O–H groups in total. The summed E-state index contributed by atoms with van der Waals surface area (Å²) in [4.78, 5) is 4.64. The zero-order valence-corrected chi connectivity index (χ0v) is 18.0. The summed E-state index contributed by atoms with van der Waals surface area (Å²) in [5, 5.41) is 26.7. The van der Waals surface area contributed by atoms with Gasteiger partial charge in [0, 0.05) is 24.3 Å². The second-order valence-corrected chi connectivity index (χ2v) is 8.49. The third kappa shape index (κ3) is 3.59.